The maximum atomic E-state index is 10.9. The quantitative estimate of drug-likeness (QED) is 0.654. The zero-order valence-corrected chi connectivity index (χ0v) is 7.34. The van der Waals surface area contributed by atoms with E-state index in [9.17, 15) is 4.79 Å². The van der Waals surface area contributed by atoms with Crippen LogP contribution in [0.5, 0.6) is 0 Å². The molecule has 0 unspecified atom stereocenters. The van der Waals surface area contributed by atoms with Gasteiger partial charge in [0.2, 0.25) is 0 Å². The topological polar surface area (TPSA) is 99.3 Å². The summed E-state index contributed by atoms with van der Waals surface area (Å²) in [4.78, 5) is 14.9. The molecule has 6 heteroatoms. The number of carbonyl (C=O) groups is 1. The minimum Gasteiger partial charge on any atom is -0.364 e. The third kappa shape index (κ3) is 1.21. The smallest absolute Gasteiger partial charge is 0.269 e. The summed E-state index contributed by atoms with van der Waals surface area (Å²) in [6, 6.07) is 3.27. The molecule has 0 aliphatic carbocycles. The highest BCUT2D eigenvalue weighted by molar-refractivity contribution is 5.91. The monoisotopic (exact) mass is 191 g/mol. The summed E-state index contributed by atoms with van der Waals surface area (Å²) >= 11 is 0. The minimum absolute atomic E-state index is 0.193. The molecule has 0 radical (unpaired) electrons. The van der Waals surface area contributed by atoms with Crippen molar-refractivity contribution in [3.63, 3.8) is 0 Å². The van der Waals surface area contributed by atoms with Crippen LogP contribution < -0.4 is 11.5 Å². The molecule has 2 rings (SSSR count). The Hall–Kier alpha value is -1.95. The molecule has 0 aromatic carbocycles. The Morgan fingerprint density at radius 2 is 2.36 bits per heavy atom. The second-order valence-corrected chi connectivity index (χ2v) is 2.80. The number of rotatable bonds is 2. The molecule has 0 saturated carbocycles. The lowest BCUT2D eigenvalue weighted by Crippen LogP contribution is -2.12. The van der Waals surface area contributed by atoms with Crippen LogP contribution in [0.25, 0.3) is 5.65 Å². The maximum absolute atomic E-state index is 10.9. The standard InChI is InChI=1S/C8H9N5O/c9-4-5-1-2-11-7-3-6(8(10)14)12-13(5)7/h1-3H,4,9H2,(H2,10,14). The fourth-order valence-corrected chi connectivity index (χ4v) is 1.22. The summed E-state index contributed by atoms with van der Waals surface area (Å²) < 4.78 is 1.51. The molecule has 0 spiro atoms. The van der Waals surface area contributed by atoms with Gasteiger partial charge in [0.05, 0.1) is 5.69 Å². The van der Waals surface area contributed by atoms with E-state index in [0.29, 0.717) is 12.2 Å². The SMILES string of the molecule is NCc1ccnc2cc(C(N)=O)nn12. The number of nitrogens with two attached hydrogens (primary N) is 2. The van der Waals surface area contributed by atoms with Crippen molar-refractivity contribution in [1.29, 1.82) is 0 Å². The summed E-state index contributed by atoms with van der Waals surface area (Å²) in [5.74, 6) is -0.571. The van der Waals surface area contributed by atoms with E-state index in [-0.39, 0.29) is 5.69 Å². The first-order valence-corrected chi connectivity index (χ1v) is 4.06. The van der Waals surface area contributed by atoms with Crippen molar-refractivity contribution in [3.05, 3.63) is 29.7 Å². The molecular weight excluding hydrogens is 182 g/mol. The number of hydrogen-bond donors (Lipinski definition) is 2. The Morgan fingerprint density at radius 3 is 3.00 bits per heavy atom. The Morgan fingerprint density at radius 1 is 1.57 bits per heavy atom. The molecule has 6 nitrogen and oxygen atoms in total. The number of fused-ring (bicyclic) bond motifs is 1. The molecule has 0 atom stereocenters. The molecule has 2 heterocycles. The van der Waals surface area contributed by atoms with E-state index in [1.807, 2.05) is 0 Å². The van der Waals surface area contributed by atoms with Crippen molar-refractivity contribution in [3.8, 4) is 0 Å². The highest BCUT2D eigenvalue weighted by Crippen LogP contribution is 2.05. The summed E-state index contributed by atoms with van der Waals surface area (Å²) in [6.45, 7) is 0.332. The maximum Gasteiger partial charge on any atom is 0.269 e. The van der Waals surface area contributed by atoms with Crippen LogP contribution in [0.2, 0.25) is 0 Å². The summed E-state index contributed by atoms with van der Waals surface area (Å²) in [5.41, 5.74) is 12.1. The first-order chi connectivity index (χ1) is 6.72. The first kappa shape index (κ1) is 8.64. The van der Waals surface area contributed by atoms with E-state index < -0.39 is 5.91 Å². The lowest BCUT2D eigenvalue weighted by molar-refractivity contribution is 0.0995. The van der Waals surface area contributed by atoms with Crippen molar-refractivity contribution in [2.45, 2.75) is 6.54 Å². The van der Waals surface area contributed by atoms with E-state index >= 15 is 0 Å². The lowest BCUT2D eigenvalue weighted by Gasteiger charge is -1.98. The van der Waals surface area contributed by atoms with Gasteiger partial charge in [0, 0.05) is 18.8 Å². The summed E-state index contributed by atoms with van der Waals surface area (Å²) in [5, 5.41) is 3.98. The fourth-order valence-electron chi connectivity index (χ4n) is 1.22. The van der Waals surface area contributed by atoms with Crippen LogP contribution in [-0.2, 0) is 6.54 Å². The normalized spacial score (nSPS) is 10.6. The third-order valence-corrected chi connectivity index (χ3v) is 1.90. The second-order valence-electron chi connectivity index (χ2n) is 2.80. The average molecular weight is 191 g/mol. The van der Waals surface area contributed by atoms with Crippen molar-refractivity contribution >= 4 is 11.6 Å². The summed E-state index contributed by atoms with van der Waals surface area (Å²) in [7, 11) is 0. The van der Waals surface area contributed by atoms with Crippen LogP contribution in [0.4, 0.5) is 0 Å². The highest BCUT2D eigenvalue weighted by Gasteiger charge is 2.08. The zero-order valence-electron chi connectivity index (χ0n) is 7.34. The number of hydrogen-bond acceptors (Lipinski definition) is 4. The van der Waals surface area contributed by atoms with Crippen LogP contribution in [0.1, 0.15) is 16.2 Å². The van der Waals surface area contributed by atoms with Gasteiger partial charge in [-0.05, 0) is 6.07 Å². The van der Waals surface area contributed by atoms with Crippen molar-refractivity contribution in [1.82, 2.24) is 14.6 Å². The van der Waals surface area contributed by atoms with E-state index in [4.69, 9.17) is 11.5 Å². The number of carbonyl (C=O) groups excluding carboxylic acids is 1. The molecule has 1 amide bonds. The third-order valence-electron chi connectivity index (χ3n) is 1.90. The molecule has 0 aliphatic heterocycles. The van der Waals surface area contributed by atoms with Gasteiger partial charge in [0.25, 0.3) is 5.91 Å². The van der Waals surface area contributed by atoms with E-state index in [1.165, 1.54) is 10.6 Å². The fraction of sp³-hybridized carbons (Fsp3) is 0.125. The second kappa shape index (κ2) is 3.08. The van der Waals surface area contributed by atoms with Gasteiger partial charge in [-0.25, -0.2) is 9.50 Å². The van der Waals surface area contributed by atoms with E-state index in [2.05, 4.69) is 10.1 Å². The number of amides is 1. The van der Waals surface area contributed by atoms with Crippen LogP contribution in [-0.4, -0.2) is 20.5 Å². The van der Waals surface area contributed by atoms with Crippen LogP contribution in [0.3, 0.4) is 0 Å². The van der Waals surface area contributed by atoms with Crippen molar-refractivity contribution < 1.29 is 4.79 Å². The molecule has 0 bridgehead atoms. The molecule has 4 N–H and O–H groups in total. The Labute approximate surface area is 79.5 Å². The number of aromatic nitrogens is 3. The number of primary amides is 1. The minimum atomic E-state index is -0.571. The molecule has 0 aliphatic rings. The molecule has 2 aromatic rings. The molecule has 0 fully saturated rings. The van der Waals surface area contributed by atoms with Gasteiger partial charge in [-0.2, -0.15) is 5.10 Å². The summed E-state index contributed by atoms with van der Waals surface area (Å²) in [6.07, 6.45) is 1.62. The molecule has 0 saturated heterocycles. The Kier molecular flexibility index (Phi) is 1.90. The predicted molar refractivity (Wildman–Crippen MR) is 49.4 cm³/mol. The molecule has 72 valence electrons. The first-order valence-electron chi connectivity index (χ1n) is 4.06. The Bertz CT molecular complexity index is 489. The molecule has 2 aromatic heterocycles. The molecule has 14 heavy (non-hydrogen) atoms. The molecular formula is C8H9N5O. The van der Waals surface area contributed by atoms with E-state index in [0.717, 1.165) is 5.69 Å². The Balaban J connectivity index is 2.70. The van der Waals surface area contributed by atoms with Crippen LogP contribution >= 0.6 is 0 Å². The largest absolute Gasteiger partial charge is 0.364 e. The average Bonchev–Trinajstić information content (AvgIpc) is 2.60. The van der Waals surface area contributed by atoms with Crippen LogP contribution in [0.15, 0.2) is 18.3 Å². The zero-order chi connectivity index (χ0) is 10.1. The number of nitrogens with zero attached hydrogens (tertiary/aromatic N) is 3. The van der Waals surface area contributed by atoms with Gasteiger partial charge in [-0.1, -0.05) is 0 Å². The highest BCUT2D eigenvalue weighted by atomic mass is 16.1. The predicted octanol–water partition coefficient (Wildman–Crippen LogP) is -0.713. The van der Waals surface area contributed by atoms with Gasteiger partial charge in [0.15, 0.2) is 11.3 Å². The van der Waals surface area contributed by atoms with E-state index in [1.54, 1.807) is 12.3 Å². The van der Waals surface area contributed by atoms with Crippen molar-refractivity contribution in [2.24, 2.45) is 11.5 Å². The van der Waals surface area contributed by atoms with Crippen molar-refractivity contribution in [2.75, 3.05) is 0 Å². The van der Waals surface area contributed by atoms with Gasteiger partial charge in [-0.15, -0.1) is 0 Å². The van der Waals surface area contributed by atoms with Gasteiger partial charge < -0.3 is 11.5 Å². The van der Waals surface area contributed by atoms with Gasteiger partial charge >= 0.3 is 0 Å². The lowest BCUT2D eigenvalue weighted by atomic mass is 10.4. The van der Waals surface area contributed by atoms with Gasteiger partial charge in [0.1, 0.15) is 0 Å². The van der Waals surface area contributed by atoms with Crippen LogP contribution in [0, 0.1) is 0 Å². The van der Waals surface area contributed by atoms with Gasteiger partial charge in [-0.3, -0.25) is 4.79 Å².